The average Bonchev–Trinajstić information content (AvgIpc) is 3.36. The summed E-state index contributed by atoms with van der Waals surface area (Å²) < 4.78 is 0. The van der Waals surface area contributed by atoms with Gasteiger partial charge in [0.15, 0.2) is 0 Å². The van der Waals surface area contributed by atoms with E-state index in [1.165, 1.54) is 16.9 Å². The Labute approximate surface area is 161 Å². The molecule has 0 aliphatic heterocycles. The van der Waals surface area contributed by atoms with Crippen molar-refractivity contribution in [2.24, 2.45) is 0 Å². The van der Waals surface area contributed by atoms with Gasteiger partial charge in [0.2, 0.25) is 0 Å². The average molecular weight is 387 g/mol. The number of nitrogens with one attached hydrogen (secondary N) is 2. The van der Waals surface area contributed by atoms with Gasteiger partial charge < -0.3 is 15.7 Å². The van der Waals surface area contributed by atoms with E-state index in [0.717, 1.165) is 28.2 Å². The highest BCUT2D eigenvalue weighted by atomic mass is 32.1. The summed E-state index contributed by atoms with van der Waals surface area (Å²) >= 11 is 3.09. The van der Waals surface area contributed by atoms with E-state index in [0.29, 0.717) is 13.1 Å². The molecule has 3 rings (SSSR count). The molecule has 0 aliphatic rings. The van der Waals surface area contributed by atoms with E-state index < -0.39 is 6.10 Å². The molecule has 2 amide bonds. The quantitative estimate of drug-likeness (QED) is 0.505. The number of urea groups is 1. The zero-order valence-electron chi connectivity index (χ0n) is 14.4. The Morgan fingerprint density at radius 2 is 1.92 bits per heavy atom. The fourth-order valence-electron chi connectivity index (χ4n) is 2.60. The number of aryl methyl sites for hydroxylation is 1. The third kappa shape index (κ3) is 5.42. The third-order valence-electron chi connectivity index (χ3n) is 4.00. The molecule has 0 fully saturated rings. The van der Waals surface area contributed by atoms with E-state index in [-0.39, 0.29) is 6.03 Å². The molecule has 1 atom stereocenters. The molecule has 1 unspecified atom stereocenters. The first-order valence-corrected chi connectivity index (χ1v) is 10.3. The van der Waals surface area contributed by atoms with Crippen LogP contribution in [0.25, 0.3) is 0 Å². The molecular weight excluding hydrogens is 364 g/mol. The number of amides is 2. The predicted octanol–water partition coefficient (Wildman–Crippen LogP) is 4.32. The first kappa shape index (κ1) is 18.6. The number of benzene rings is 1. The number of aliphatic hydroxyl groups excluding tert-OH is 1. The minimum absolute atomic E-state index is 0.161. The van der Waals surface area contributed by atoms with E-state index in [4.69, 9.17) is 0 Å². The van der Waals surface area contributed by atoms with Crippen LogP contribution in [0.1, 0.15) is 33.4 Å². The Morgan fingerprint density at radius 1 is 1.08 bits per heavy atom. The number of thiophene rings is 2. The van der Waals surface area contributed by atoms with Crippen LogP contribution in [0.3, 0.4) is 0 Å². The second kappa shape index (κ2) is 9.52. The van der Waals surface area contributed by atoms with Gasteiger partial charge in [0.1, 0.15) is 6.10 Å². The maximum Gasteiger partial charge on any atom is 0.315 e. The molecular formula is C20H22N2O2S2. The van der Waals surface area contributed by atoms with Crippen molar-refractivity contribution >= 4 is 28.7 Å². The van der Waals surface area contributed by atoms with Gasteiger partial charge in [-0.25, -0.2) is 4.79 Å². The highest BCUT2D eigenvalue weighted by Crippen LogP contribution is 2.29. The van der Waals surface area contributed by atoms with Gasteiger partial charge in [-0.15, -0.1) is 11.3 Å². The van der Waals surface area contributed by atoms with Gasteiger partial charge in [-0.05, 0) is 52.9 Å². The molecule has 3 N–H and O–H groups in total. The van der Waals surface area contributed by atoms with Crippen LogP contribution in [0, 0.1) is 0 Å². The van der Waals surface area contributed by atoms with Crippen LogP contribution in [0.2, 0.25) is 0 Å². The molecule has 6 heteroatoms. The minimum atomic E-state index is -0.591. The van der Waals surface area contributed by atoms with Crippen molar-refractivity contribution in [1.29, 1.82) is 0 Å². The van der Waals surface area contributed by atoms with Crippen molar-refractivity contribution in [3.05, 3.63) is 80.2 Å². The molecule has 4 nitrogen and oxygen atoms in total. The van der Waals surface area contributed by atoms with Gasteiger partial charge in [0.25, 0.3) is 0 Å². The third-order valence-corrected chi connectivity index (χ3v) is 5.84. The zero-order chi connectivity index (χ0) is 18.2. The SMILES string of the molecule is O=C(NCCCc1ccccc1)NCc1ccc(C(O)c2ccsc2)s1. The van der Waals surface area contributed by atoms with Gasteiger partial charge in [-0.2, -0.15) is 11.3 Å². The number of rotatable bonds is 8. The molecule has 0 bridgehead atoms. The summed E-state index contributed by atoms with van der Waals surface area (Å²) in [5.74, 6) is 0. The molecule has 0 spiro atoms. The number of hydrogen-bond acceptors (Lipinski definition) is 4. The molecule has 26 heavy (non-hydrogen) atoms. The van der Waals surface area contributed by atoms with E-state index in [2.05, 4.69) is 22.8 Å². The van der Waals surface area contributed by atoms with E-state index in [1.807, 2.05) is 47.2 Å². The van der Waals surface area contributed by atoms with Gasteiger partial charge in [0.05, 0.1) is 6.54 Å². The van der Waals surface area contributed by atoms with Crippen molar-refractivity contribution in [1.82, 2.24) is 10.6 Å². The van der Waals surface area contributed by atoms with E-state index in [9.17, 15) is 9.90 Å². The van der Waals surface area contributed by atoms with Crippen LogP contribution in [0.4, 0.5) is 4.79 Å². The maximum atomic E-state index is 11.9. The van der Waals surface area contributed by atoms with E-state index >= 15 is 0 Å². The Hall–Kier alpha value is -2.15. The van der Waals surface area contributed by atoms with Gasteiger partial charge in [-0.3, -0.25) is 0 Å². The van der Waals surface area contributed by atoms with Gasteiger partial charge >= 0.3 is 6.03 Å². The lowest BCUT2D eigenvalue weighted by molar-refractivity contribution is 0.224. The molecule has 136 valence electrons. The predicted molar refractivity (Wildman–Crippen MR) is 108 cm³/mol. The molecule has 0 saturated carbocycles. The van der Waals surface area contributed by atoms with Crippen LogP contribution in [0.5, 0.6) is 0 Å². The van der Waals surface area contributed by atoms with Crippen LogP contribution in [0.15, 0.2) is 59.3 Å². The number of hydrogen-bond donors (Lipinski definition) is 3. The fourth-order valence-corrected chi connectivity index (χ4v) is 4.25. The zero-order valence-corrected chi connectivity index (χ0v) is 16.0. The van der Waals surface area contributed by atoms with Crippen LogP contribution in [-0.4, -0.2) is 17.7 Å². The van der Waals surface area contributed by atoms with E-state index in [1.54, 1.807) is 11.3 Å². The highest BCUT2D eigenvalue weighted by Gasteiger charge is 2.13. The first-order chi connectivity index (χ1) is 12.7. The Bertz CT molecular complexity index is 800. The standard InChI is InChI=1S/C20H22N2O2S2/c23-19(16-10-12-25-14-16)18-9-8-17(26-18)13-22-20(24)21-11-4-7-15-5-2-1-3-6-15/h1-3,5-6,8-10,12,14,19,23H,4,7,11,13H2,(H2,21,22,24). The number of carbonyl (C=O) groups excluding carboxylic acids is 1. The van der Waals surface area contributed by atoms with Gasteiger partial charge in [-0.1, -0.05) is 30.3 Å². The largest absolute Gasteiger partial charge is 0.383 e. The van der Waals surface area contributed by atoms with Crippen molar-refractivity contribution in [2.75, 3.05) is 6.54 Å². The lowest BCUT2D eigenvalue weighted by Gasteiger charge is -2.07. The van der Waals surface area contributed by atoms with Crippen molar-refractivity contribution < 1.29 is 9.90 Å². The lowest BCUT2D eigenvalue weighted by atomic mass is 10.1. The van der Waals surface area contributed by atoms with Crippen LogP contribution in [-0.2, 0) is 13.0 Å². The monoisotopic (exact) mass is 386 g/mol. The highest BCUT2D eigenvalue weighted by molar-refractivity contribution is 7.12. The van der Waals surface area contributed by atoms with Crippen LogP contribution >= 0.6 is 22.7 Å². The van der Waals surface area contributed by atoms with Crippen LogP contribution < -0.4 is 10.6 Å². The Balaban J connectivity index is 1.37. The molecule has 1 aromatic carbocycles. The van der Waals surface area contributed by atoms with Crippen molar-refractivity contribution in [3.8, 4) is 0 Å². The lowest BCUT2D eigenvalue weighted by Crippen LogP contribution is -2.35. The normalized spacial score (nSPS) is 11.9. The first-order valence-electron chi connectivity index (χ1n) is 8.57. The summed E-state index contributed by atoms with van der Waals surface area (Å²) in [6.45, 7) is 1.11. The minimum Gasteiger partial charge on any atom is -0.383 e. The van der Waals surface area contributed by atoms with Gasteiger partial charge in [0, 0.05) is 16.3 Å². The molecule has 0 radical (unpaired) electrons. The van der Waals surface area contributed by atoms with Crippen molar-refractivity contribution in [3.63, 3.8) is 0 Å². The molecule has 2 heterocycles. The smallest absolute Gasteiger partial charge is 0.315 e. The number of carbonyl (C=O) groups is 1. The Morgan fingerprint density at radius 3 is 2.69 bits per heavy atom. The summed E-state index contributed by atoms with van der Waals surface area (Å²) in [6, 6.07) is 15.9. The Kier molecular flexibility index (Phi) is 6.82. The summed E-state index contributed by atoms with van der Waals surface area (Å²) in [4.78, 5) is 13.8. The van der Waals surface area contributed by atoms with Crippen molar-refractivity contribution in [2.45, 2.75) is 25.5 Å². The summed E-state index contributed by atoms with van der Waals surface area (Å²) in [5.41, 5.74) is 2.19. The second-order valence-electron chi connectivity index (χ2n) is 5.96. The summed E-state index contributed by atoms with van der Waals surface area (Å²) in [6.07, 6.45) is 1.27. The second-order valence-corrected chi connectivity index (χ2v) is 7.94. The number of aliphatic hydroxyl groups is 1. The molecule has 0 saturated heterocycles. The topological polar surface area (TPSA) is 61.4 Å². The molecule has 3 aromatic rings. The molecule has 0 aliphatic carbocycles. The maximum absolute atomic E-state index is 11.9. The summed E-state index contributed by atoms with van der Waals surface area (Å²) in [7, 11) is 0. The summed E-state index contributed by atoms with van der Waals surface area (Å²) in [5, 5.41) is 20.0. The molecule has 2 aromatic heterocycles. The fraction of sp³-hybridized carbons (Fsp3) is 0.250.